The van der Waals surface area contributed by atoms with Gasteiger partial charge in [0.25, 0.3) is 0 Å². The van der Waals surface area contributed by atoms with Gasteiger partial charge in [0.2, 0.25) is 0 Å². The maximum absolute atomic E-state index is 13.2. The monoisotopic (exact) mass is 235 g/mol. The molecule has 2 heteroatoms. The number of halogens is 1. The molecule has 94 valence electrons. The lowest BCUT2D eigenvalue weighted by molar-refractivity contribution is 0.280. The fraction of sp³-hybridized carbons (Fsp3) is 0.600. The van der Waals surface area contributed by atoms with Crippen molar-refractivity contribution in [1.29, 1.82) is 0 Å². The van der Waals surface area contributed by atoms with Crippen LogP contribution in [0.4, 0.5) is 4.39 Å². The maximum Gasteiger partial charge on any atom is 0.123 e. The molecule has 17 heavy (non-hydrogen) atoms. The van der Waals surface area contributed by atoms with Crippen LogP contribution >= 0.6 is 0 Å². The molecule has 0 bridgehead atoms. The number of hydrogen-bond donors (Lipinski definition) is 1. The Balaban J connectivity index is 2.07. The van der Waals surface area contributed by atoms with E-state index in [1.165, 1.54) is 31.7 Å². The Morgan fingerprint density at radius 2 is 2.06 bits per heavy atom. The van der Waals surface area contributed by atoms with Crippen LogP contribution in [0.2, 0.25) is 0 Å². The molecule has 1 aliphatic carbocycles. The Kier molecular flexibility index (Phi) is 4.16. The van der Waals surface area contributed by atoms with Gasteiger partial charge in [-0.2, -0.15) is 0 Å². The van der Waals surface area contributed by atoms with Gasteiger partial charge in [0, 0.05) is 6.54 Å². The molecule has 1 saturated carbocycles. The molecule has 0 aromatic heterocycles. The molecule has 2 rings (SSSR count). The predicted octanol–water partition coefficient (Wildman–Crippen LogP) is 3.54. The van der Waals surface area contributed by atoms with Crippen LogP contribution in [0.25, 0.3) is 0 Å². The second-order valence-corrected chi connectivity index (χ2v) is 5.29. The van der Waals surface area contributed by atoms with Crippen LogP contribution in [-0.2, 0) is 6.42 Å². The topological polar surface area (TPSA) is 12.0 Å². The van der Waals surface area contributed by atoms with Crippen molar-refractivity contribution in [2.45, 2.75) is 39.0 Å². The first-order valence-electron chi connectivity index (χ1n) is 6.69. The molecule has 1 aromatic carbocycles. The summed E-state index contributed by atoms with van der Waals surface area (Å²) in [4.78, 5) is 0. The van der Waals surface area contributed by atoms with Gasteiger partial charge in [0.05, 0.1) is 0 Å². The summed E-state index contributed by atoms with van der Waals surface area (Å²) < 4.78 is 13.2. The third-order valence-corrected chi connectivity index (χ3v) is 3.88. The van der Waals surface area contributed by atoms with Crippen molar-refractivity contribution in [2.24, 2.45) is 5.41 Å². The smallest absolute Gasteiger partial charge is 0.123 e. The zero-order valence-corrected chi connectivity index (χ0v) is 10.6. The van der Waals surface area contributed by atoms with Crippen LogP contribution in [0.15, 0.2) is 24.3 Å². The van der Waals surface area contributed by atoms with E-state index < -0.39 is 0 Å². The Hall–Kier alpha value is -0.890. The average molecular weight is 235 g/mol. The van der Waals surface area contributed by atoms with E-state index in [9.17, 15) is 4.39 Å². The molecule has 1 aromatic rings. The number of hydrogen-bond acceptors (Lipinski definition) is 1. The minimum absolute atomic E-state index is 0.112. The highest BCUT2D eigenvalue weighted by atomic mass is 19.1. The third kappa shape index (κ3) is 3.29. The van der Waals surface area contributed by atoms with Crippen molar-refractivity contribution in [3.8, 4) is 0 Å². The van der Waals surface area contributed by atoms with E-state index in [1.807, 2.05) is 6.07 Å². The Bertz CT molecular complexity index is 356. The van der Waals surface area contributed by atoms with Crippen LogP contribution in [0.1, 0.15) is 38.2 Å². The van der Waals surface area contributed by atoms with Crippen LogP contribution in [0, 0.1) is 11.2 Å². The molecular formula is C15H22FN. The van der Waals surface area contributed by atoms with Crippen molar-refractivity contribution < 1.29 is 4.39 Å². The van der Waals surface area contributed by atoms with Gasteiger partial charge in [-0.05, 0) is 48.9 Å². The molecule has 0 unspecified atom stereocenters. The average Bonchev–Trinajstić information content (AvgIpc) is 2.75. The van der Waals surface area contributed by atoms with Crippen molar-refractivity contribution in [2.75, 3.05) is 13.1 Å². The summed E-state index contributed by atoms with van der Waals surface area (Å²) in [6.07, 6.45) is 6.20. The van der Waals surface area contributed by atoms with Gasteiger partial charge >= 0.3 is 0 Å². The Morgan fingerprint density at radius 1 is 1.29 bits per heavy atom. The first kappa shape index (κ1) is 12.6. The summed E-state index contributed by atoms with van der Waals surface area (Å²) in [5.74, 6) is -0.112. The summed E-state index contributed by atoms with van der Waals surface area (Å²) >= 11 is 0. The first-order chi connectivity index (χ1) is 8.24. The second-order valence-electron chi connectivity index (χ2n) is 5.29. The van der Waals surface area contributed by atoms with E-state index >= 15 is 0 Å². The Morgan fingerprint density at radius 3 is 2.71 bits per heavy atom. The van der Waals surface area contributed by atoms with Crippen LogP contribution in [0.5, 0.6) is 0 Å². The zero-order valence-electron chi connectivity index (χ0n) is 10.6. The highest BCUT2D eigenvalue weighted by molar-refractivity contribution is 5.18. The standard InChI is InChI=1S/C15H22FN/c1-2-17-12-15(8-3-4-9-15)11-13-6-5-7-14(16)10-13/h5-7,10,17H,2-4,8-9,11-12H2,1H3. The number of benzene rings is 1. The highest BCUT2D eigenvalue weighted by Crippen LogP contribution is 2.40. The molecule has 1 N–H and O–H groups in total. The van der Waals surface area contributed by atoms with Crippen LogP contribution in [-0.4, -0.2) is 13.1 Å². The minimum atomic E-state index is -0.112. The molecule has 0 aliphatic heterocycles. The normalized spacial score (nSPS) is 18.5. The summed E-state index contributed by atoms with van der Waals surface area (Å²) in [5.41, 5.74) is 1.51. The first-order valence-corrected chi connectivity index (χ1v) is 6.69. The van der Waals surface area contributed by atoms with Gasteiger partial charge in [0.15, 0.2) is 0 Å². The molecule has 1 fully saturated rings. The molecular weight excluding hydrogens is 213 g/mol. The van der Waals surface area contributed by atoms with Crippen molar-refractivity contribution in [3.05, 3.63) is 35.6 Å². The number of nitrogens with one attached hydrogen (secondary N) is 1. The van der Waals surface area contributed by atoms with Gasteiger partial charge in [-0.1, -0.05) is 31.9 Å². The van der Waals surface area contributed by atoms with E-state index in [0.717, 1.165) is 25.1 Å². The Labute approximate surface area is 103 Å². The van der Waals surface area contributed by atoms with E-state index in [-0.39, 0.29) is 5.82 Å². The van der Waals surface area contributed by atoms with Gasteiger partial charge in [0.1, 0.15) is 5.82 Å². The van der Waals surface area contributed by atoms with Crippen molar-refractivity contribution in [1.82, 2.24) is 5.32 Å². The van der Waals surface area contributed by atoms with Gasteiger partial charge in [-0.3, -0.25) is 0 Å². The number of rotatable bonds is 5. The predicted molar refractivity (Wildman–Crippen MR) is 69.5 cm³/mol. The molecule has 1 nitrogen and oxygen atoms in total. The molecule has 0 heterocycles. The largest absolute Gasteiger partial charge is 0.316 e. The van der Waals surface area contributed by atoms with E-state index in [4.69, 9.17) is 0 Å². The SMILES string of the molecule is CCNCC1(Cc2cccc(F)c2)CCCC1. The molecule has 0 amide bonds. The molecule has 1 aliphatic rings. The van der Waals surface area contributed by atoms with E-state index in [1.54, 1.807) is 6.07 Å². The third-order valence-electron chi connectivity index (χ3n) is 3.88. The fourth-order valence-corrected chi connectivity index (χ4v) is 3.01. The van der Waals surface area contributed by atoms with E-state index in [2.05, 4.69) is 18.3 Å². The summed E-state index contributed by atoms with van der Waals surface area (Å²) in [6.45, 7) is 4.23. The molecule has 0 radical (unpaired) electrons. The summed E-state index contributed by atoms with van der Waals surface area (Å²) in [6, 6.07) is 7.08. The minimum Gasteiger partial charge on any atom is -0.316 e. The van der Waals surface area contributed by atoms with Crippen molar-refractivity contribution >= 4 is 0 Å². The maximum atomic E-state index is 13.2. The molecule has 0 spiro atoms. The van der Waals surface area contributed by atoms with E-state index in [0.29, 0.717) is 5.41 Å². The van der Waals surface area contributed by atoms with Gasteiger partial charge in [-0.15, -0.1) is 0 Å². The van der Waals surface area contributed by atoms with Gasteiger partial charge < -0.3 is 5.32 Å². The molecule has 0 saturated heterocycles. The van der Waals surface area contributed by atoms with Crippen LogP contribution < -0.4 is 5.32 Å². The second kappa shape index (κ2) is 5.63. The lowest BCUT2D eigenvalue weighted by Gasteiger charge is -2.29. The lowest BCUT2D eigenvalue weighted by Crippen LogP contribution is -2.33. The fourth-order valence-electron chi connectivity index (χ4n) is 3.01. The van der Waals surface area contributed by atoms with Crippen LogP contribution in [0.3, 0.4) is 0 Å². The quantitative estimate of drug-likeness (QED) is 0.823. The summed E-state index contributed by atoms with van der Waals surface area (Å²) in [5, 5.41) is 3.47. The zero-order chi connectivity index (χ0) is 12.1. The van der Waals surface area contributed by atoms with Crippen molar-refractivity contribution in [3.63, 3.8) is 0 Å². The highest BCUT2D eigenvalue weighted by Gasteiger charge is 2.33. The summed E-state index contributed by atoms with van der Waals surface area (Å²) in [7, 11) is 0. The molecule has 0 atom stereocenters. The lowest BCUT2D eigenvalue weighted by atomic mass is 9.80. The van der Waals surface area contributed by atoms with Gasteiger partial charge in [-0.25, -0.2) is 4.39 Å².